The van der Waals surface area contributed by atoms with Crippen LogP contribution in [0.25, 0.3) is 5.70 Å². The van der Waals surface area contributed by atoms with Gasteiger partial charge >= 0.3 is 0 Å². The van der Waals surface area contributed by atoms with Gasteiger partial charge in [-0.05, 0) is 61.1 Å². The molecule has 0 spiro atoms. The van der Waals surface area contributed by atoms with Gasteiger partial charge in [-0.15, -0.1) is 0 Å². The van der Waals surface area contributed by atoms with Crippen LogP contribution in [-0.2, 0) is 6.42 Å². The Morgan fingerprint density at radius 3 is 2.52 bits per heavy atom. The van der Waals surface area contributed by atoms with Crippen molar-refractivity contribution in [3.05, 3.63) is 89.9 Å². The van der Waals surface area contributed by atoms with Crippen LogP contribution in [0, 0.1) is 5.92 Å². The molecular formula is C28H37N5. The Kier molecular flexibility index (Phi) is 7.42. The molecule has 2 aliphatic rings. The second-order valence-electron chi connectivity index (χ2n) is 8.88. The van der Waals surface area contributed by atoms with Crippen molar-refractivity contribution < 1.29 is 0 Å². The van der Waals surface area contributed by atoms with Crippen molar-refractivity contribution in [1.82, 2.24) is 15.6 Å². The number of fused-ring (bicyclic) bond motifs is 1. The Labute approximate surface area is 199 Å². The second kappa shape index (κ2) is 10.1. The van der Waals surface area contributed by atoms with Crippen LogP contribution in [0.3, 0.4) is 0 Å². The molecule has 1 aromatic carbocycles. The summed E-state index contributed by atoms with van der Waals surface area (Å²) in [5.74, 6) is 0.234. The Morgan fingerprint density at radius 1 is 1.15 bits per heavy atom. The number of aliphatic imine (C=N–C) groups is 1. The Balaban J connectivity index is 1.79. The minimum atomic E-state index is -0.0487. The molecule has 5 heteroatoms. The molecular weight excluding hydrogens is 406 g/mol. The van der Waals surface area contributed by atoms with Gasteiger partial charge in [-0.3, -0.25) is 4.99 Å². The number of hydrogen-bond donors (Lipinski definition) is 2. The molecule has 2 aliphatic heterocycles. The normalized spacial score (nSPS) is 19.8. The van der Waals surface area contributed by atoms with Crippen LogP contribution >= 0.6 is 0 Å². The maximum absolute atomic E-state index is 4.93. The third kappa shape index (κ3) is 5.19. The van der Waals surface area contributed by atoms with Crippen LogP contribution in [0.5, 0.6) is 0 Å². The average molecular weight is 444 g/mol. The van der Waals surface area contributed by atoms with E-state index in [1.165, 1.54) is 11.1 Å². The van der Waals surface area contributed by atoms with Gasteiger partial charge < -0.3 is 10.6 Å². The molecule has 0 saturated heterocycles. The van der Waals surface area contributed by atoms with Crippen LogP contribution in [0.1, 0.15) is 63.8 Å². The summed E-state index contributed by atoms with van der Waals surface area (Å²) in [5, 5.41) is 13.3. The highest BCUT2D eigenvalue weighted by molar-refractivity contribution is 6.09. The molecule has 5 nitrogen and oxygen atoms in total. The van der Waals surface area contributed by atoms with Crippen molar-refractivity contribution >= 4 is 17.6 Å². The lowest BCUT2D eigenvalue weighted by molar-refractivity contribution is 0.271. The lowest BCUT2D eigenvalue weighted by Crippen LogP contribution is -2.35. The number of nitrogens with zero attached hydrogens (tertiary/aromatic N) is 3. The summed E-state index contributed by atoms with van der Waals surface area (Å²) in [6.45, 7) is 27.2. The maximum atomic E-state index is 4.93. The second-order valence-corrected chi connectivity index (χ2v) is 8.88. The molecule has 0 aromatic heterocycles. The third-order valence-electron chi connectivity index (χ3n) is 6.17. The Hall–Kier alpha value is -3.34. The van der Waals surface area contributed by atoms with Gasteiger partial charge in [0.15, 0.2) is 0 Å². The van der Waals surface area contributed by atoms with Crippen LogP contribution in [-0.4, -0.2) is 23.1 Å². The fourth-order valence-corrected chi connectivity index (χ4v) is 4.09. The zero-order valence-electron chi connectivity index (χ0n) is 20.7. The van der Waals surface area contributed by atoms with E-state index in [1.807, 2.05) is 24.2 Å². The minimum absolute atomic E-state index is 0.0487. The molecule has 0 fully saturated rings. The zero-order valence-corrected chi connectivity index (χ0v) is 20.7. The smallest absolute Gasteiger partial charge is 0.150 e. The SMILES string of the molecule is C=C(CC)NC(=C)c1ccc(C(C)NC(=C)C2=NC3C(C)C=NN3C(C(=C)C)=C2)c(CC)c1. The molecule has 2 heterocycles. The molecule has 0 amide bonds. The summed E-state index contributed by atoms with van der Waals surface area (Å²) >= 11 is 0. The summed E-state index contributed by atoms with van der Waals surface area (Å²) < 4.78 is 0. The highest BCUT2D eigenvalue weighted by atomic mass is 15.5. The number of hydrazone groups is 1. The zero-order chi connectivity index (χ0) is 24.3. The molecule has 3 unspecified atom stereocenters. The molecule has 0 bridgehead atoms. The number of rotatable bonds is 10. The summed E-state index contributed by atoms with van der Waals surface area (Å²) in [7, 11) is 0. The monoisotopic (exact) mass is 443 g/mol. The largest absolute Gasteiger partial charge is 0.377 e. The van der Waals surface area contributed by atoms with Crippen molar-refractivity contribution in [3.63, 3.8) is 0 Å². The summed E-state index contributed by atoms with van der Waals surface area (Å²) in [5.41, 5.74) is 9.03. The highest BCUT2D eigenvalue weighted by Gasteiger charge is 2.33. The van der Waals surface area contributed by atoms with Gasteiger partial charge in [0.05, 0.1) is 17.1 Å². The first-order valence-electron chi connectivity index (χ1n) is 11.7. The van der Waals surface area contributed by atoms with Crippen molar-refractivity contribution in [3.8, 4) is 0 Å². The van der Waals surface area contributed by atoms with E-state index < -0.39 is 0 Å². The molecule has 1 aromatic rings. The van der Waals surface area contributed by atoms with Gasteiger partial charge in [0.2, 0.25) is 0 Å². The van der Waals surface area contributed by atoms with Crippen LogP contribution in [0.2, 0.25) is 0 Å². The van der Waals surface area contributed by atoms with Gasteiger partial charge in [0, 0.05) is 29.6 Å². The Morgan fingerprint density at radius 2 is 1.88 bits per heavy atom. The van der Waals surface area contributed by atoms with E-state index in [4.69, 9.17) is 4.99 Å². The lowest BCUT2D eigenvalue weighted by Gasteiger charge is -2.31. The van der Waals surface area contributed by atoms with Crippen LogP contribution in [0.4, 0.5) is 0 Å². The molecule has 0 aliphatic carbocycles. The standard InChI is InChI=1S/C28H37N5/c1-10-19(6)30-20(7)24-12-13-25(23(11-2)14-24)21(8)31-22(9)26-15-27(17(3)4)33-28(32-26)18(5)16-29-33/h12-16,18,21,28,30-31H,3,6-7,9-11H2,1-2,4-5,8H3. The van der Waals surface area contributed by atoms with E-state index in [2.05, 4.69) is 87.9 Å². The summed E-state index contributed by atoms with van der Waals surface area (Å²) in [4.78, 5) is 4.93. The van der Waals surface area contributed by atoms with E-state index in [0.29, 0.717) is 0 Å². The van der Waals surface area contributed by atoms with Gasteiger partial charge in [0.25, 0.3) is 0 Å². The van der Waals surface area contributed by atoms with Gasteiger partial charge in [0.1, 0.15) is 6.17 Å². The first-order chi connectivity index (χ1) is 15.7. The fraction of sp³-hybridized carbons (Fsp3) is 0.357. The molecule has 0 saturated carbocycles. The maximum Gasteiger partial charge on any atom is 0.150 e. The quantitative estimate of drug-likeness (QED) is 0.461. The van der Waals surface area contributed by atoms with Gasteiger partial charge in [-0.25, -0.2) is 5.01 Å². The average Bonchev–Trinajstić information content (AvgIpc) is 3.18. The number of hydrogen-bond acceptors (Lipinski definition) is 5. The van der Waals surface area contributed by atoms with Crippen LogP contribution in [0.15, 0.2) is 83.3 Å². The Bertz CT molecular complexity index is 1070. The van der Waals surface area contributed by atoms with Crippen molar-refractivity contribution in [1.29, 1.82) is 0 Å². The topological polar surface area (TPSA) is 52.0 Å². The van der Waals surface area contributed by atoms with Crippen molar-refractivity contribution in [2.75, 3.05) is 0 Å². The number of nitrogens with one attached hydrogen (secondary N) is 2. The number of allylic oxidation sites excluding steroid dienone is 3. The number of benzene rings is 1. The molecule has 33 heavy (non-hydrogen) atoms. The van der Waals surface area contributed by atoms with Crippen molar-refractivity contribution in [2.24, 2.45) is 16.0 Å². The predicted octanol–water partition coefficient (Wildman–Crippen LogP) is 6.08. The molecule has 0 radical (unpaired) electrons. The van der Waals surface area contributed by atoms with Gasteiger partial charge in [-0.1, -0.05) is 59.2 Å². The van der Waals surface area contributed by atoms with E-state index in [9.17, 15) is 0 Å². The molecule has 3 atom stereocenters. The summed E-state index contributed by atoms with van der Waals surface area (Å²) in [6, 6.07) is 6.57. The molecule has 2 N–H and O–H groups in total. The van der Waals surface area contributed by atoms with E-state index in [-0.39, 0.29) is 18.1 Å². The third-order valence-corrected chi connectivity index (χ3v) is 6.17. The van der Waals surface area contributed by atoms with E-state index in [0.717, 1.165) is 52.5 Å². The predicted molar refractivity (Wildman–Crippen MR) is 142 cm³/mol. The molecule has 3 rings (SSSR count). The van der Waals surface area contributed by atoms with Crippen LogP contribution < -0.4 is 10.6 Å². The first-order valence-corrected chi connectivity index (χ1v) is 11.7. The first kappa shape index (κ1) is 24.3. The lowest BCUT2D eigenvalue weighted by atomic mass is 9.95. The van der Waals surface area contributed by atoms with Gasteiger partial charge in [-0.2, -0.15) is 5.10 Å². The van der Waals surface area contributed by atoms with Crippen molar-refractivity contribution in [2.45, 2.75) is 59.7 Å². The highest BCUT2D eigenvalue weighted by Crippen LogP contribution is 2.31. The molecule has 174 valence electrons. The van der Waals surface area contributed by atoms with E-state index in [1.54, 1.807) is 0 Å². The fourth-order valence-electron chi connectivity index (χ4n) is 4.09. The minimum Gasteiger partial charge on any atom is -0.377 e. The summed E-state index contributed by atoms with van der Waals surface area (Å²) in [6.07, 6.45) is 5.72. The number of aryl methyl sites for hydroxylation is 1. The van der Waals surface area contributed by atoms with E-state index >= 15 is 0 Å².